The summed E-state index contributed by atoms with van der Waals surface area (Å²) in [6, 6.07) is 32.1. The van der Waals surface area contributed by atoms with Crippen molar-refractivity contribution in [3.05, 3.63) is 137 Å². The molecule has 2 amide bonds. The molecule has 4 rings (SSSR count). The SMILES string of the molecule is COc1ccc(C(C)N(C)C(=O)c2cc(C)cc(C(=O)N[C@@H](Cc3ccccc3)[C@H](O)CN(C)[C@@H](C)c3ccccc3)c2)cc1. The van der Waals surface area contributed by atoms with Crippen LogP contribution in [-0.2, 0) is 6.42 Å². The largest absolute Gasteiger partial charge is 0.497 e. The minimum Gasteiger partial charge on any atom is -0.497 e. The Morgan fingerprint density at radius 3 is 2.00 bits per heavy atom. The lowest BCUT2D eigenvalue weighted by Crippen LogP contribution is -2.49. The van der Waals surface area contributed by atoms with Gasteiger partial charge in [-0.3, -0.25) is 14.5 Å². The van der Waals surface area contributed by atoms with Crippen molar-refractivity contribution in [2.45, 2.75) is 51.4 Å². The second-order valence-electron chi connectivity index (χ2n) is 11.8. The molecule has 0 aliphatic heterocycles. The van der Waals surface area contributed by atoms with E-state index in [0.717, 1.165) is 28.0 Å². The van der Waals surface area contributed by atoms with E-state index in [2.05, 4.69) is 29.3 Å². The standard InChI is InChI=1S/C38H45N3O4/c1-26-21-32(24-33(22-26)38(44)41(5)28(3)31-17-19-34(45-6)20-18-31)37(43)39-35(23-29-13-9-7-10-14-29)36(42)25-40(4)27(2)30-15-11-8-12-16-30/h7-22,24,27-28,35-36,42H,23,25H2,1-6H3,(H,39,43)/t27-,28?,35-,36+/m0/s1. The Morgan fingerprint density at radius 1 is 0.800 bits per heavy atom. The smallest absolute Gasteiger partial charge is 0.254 e. The van der Waals surface area contributed by atoms with Crippen LogP contribution in [0.5, 0.6) is 5.75 Å². The lowest BCUT2D eigenvalue weighted by atomic mass is 9.98. The van der Waals surface area contributed by atoms with E-state index in [0.29, 0.717) is 24.1 Å². The molecule has 4 aromatic rings. The molecule has 7 nitrogen and oxygen atoms in total. The molecular weight excluding hydrogens is 562 g/mol. The summed E-state index contributed by atoms with van der Waals surface area (Å²) in [6.07, 6.45) is -0.381. The minimum absolute atomic E-state index is 0.0802. The van der Waals surface area contributed by atoms with Gasteiger partial charge in [-0.1, -0.05) is 72.8 Å². The minimum atomic E-state index is -0.840. The van der Waals surface area contributed by atoms with Gasteiger partial charge in [-0.15, -0.1) is 0 Å². The van der Waals surface area contributed by atoms with Crippen LogP contribution in [0.4, 0.5) is 0 Å². The molecule has 0 fully saturated rings. The molecular formula is C38H45N3O4. The van der Waals surface area contributed by atoms with Crippen molar-refractivity contribution in [1.29, 1.82) is 0 Å². The van der Waals surface area contributed by atoms with Gasteiger partial charge >= 0.3 is 0 Å². The average Bonchev–Trinajstić information content (AvgIpc) is 3.07. The summed E-state index contributed by atoms with van der Waals surface area (Å²) in [6.45, 7) is 6.30. The fraction of sp³-hybridized carbons (Fsp3) is 0.316. The number of likely N-dealkylation sites (N-methyl/N-ethyl adjacent to an activating group) is 1. The molecule has 0 bridgehead atoms. The van der Waals surface area contributed by atoms with Crippen LogP contribution in [0, 0.1) is 6.92 Å². The molecule has 1 unspecified atom stereocenters. The van der Waals surface area contributed by atoms with Crippen LogP contribution in [0.25, 0.3) is 0 Å². The predicted molar refractivity (Wildman–Crippen MR) is 180 cm³/mol. The molecule has 0 aliphatic rings. The Labute approximate surface area is 267 Å². The van der Waals surface area contributed by atoms with Gasteiger partial charge in [-0.2, -0.15) is 0 Å². The molecule has 7 heteroatoms. The van der Waals surface area contributed by atoms with Crippen LogP contribution in [0.3, 0.4) is 0 Å². The molecule has 0 spiro atoms. The fourth-order valence-corrected chi connectivity index (χ4v) is 5.49. The molecule has 0 saturated carbocycles. The third-order valence-electron chi connectivity index (χ3n) is 8.58. The Hall–Kier alpha value is -4.46. The van der Waals surface area contributed by atoms with Gasteiger partial charge < -0.3 is 20.1 Å². The molecule has 236 valence electrons. The monoisotopic (exact) mass is 607 g/mol. The topological polar surface area (TPSA) is 82.1 Å². The van der Waals surface area contributed by atoms with Crippen molar-refractivity contribution in [3.8, 4) is 5.75 Å². The van der Waals surface area contributed by atoms with Crippen molar-refractivity contribution >= 4 is 11.8 Å². The number of hydrogen-bond donors (Lipinski definition) is 2. The number of rotatable bonds is 13. The van der Waals surface area contributed by atoms with Gasteiger partial charge in [-0.05, 0) is 86.8 Å². The number of nitrogens with zero attached hydrogens (tertiary/aromatic N) is 2. The van der Waals surface area contributed by atoms with Crippen LogP contribution in [0.15, 0.2) is 103 Å². The van der Waals surface area contributed by atoms with E-state index in [1.807, 2.05) is 93.7 Å². The summed E-state index contributed by atoms with van der Waals surface area (Å²) in [7, 11) is 5.36. The van der Waals surface area contributed by atoms with E-state index >= 15 is 0 Å². The molecule has 0 saturated heterocycles. The van der Waals surface area contributed by atoms with E-state index in [1.54, 1.807) is 37.3 Å². The zero-order valence-electron chi connectivity index (χ0n) is 27.1. The number of aryl methyl sites for hydroxylation is 1. The number of aliphatic hydroxyl groups is 1. The van der Waals surface area contributed by atoms with Crippen molar-refractivity contribution in [1.82, 2.24) is 15.1 Å². The van der Waals surface area contributed by atoms with E-state index in [9.17, 15) is 14.7 Å². The van der Waals surface area contributed by atoms with E-state index in [4.69, 9.17) is 4.74 Å². The van der Waals surface area contributed by atoms with Crippen molar-refractivity contribution < 1.29 is 19.4 Å². The van der Waals surface area contributed by atoms with Gasteiger partial charge in [0.25, 0.3) is 11.8 Å². The van der Waals surface area contributed by atoms with Crippen LogP contribution in [0.1, 0.15) is 68.9 Å². The summed E-state index contributed by atoms with van der Waals surface area (Å²) in [4.78, 5) is 31.1. The maximum absolute atomic E-state index is 13.7. The third-order valence-corrected chi connectivity index (χ3v) is 8.58. The first-order valence-corrected chi connectivity index (χ1v) is 15.4. The molecule has 0 heterocycles. The van der Waals surface area contributed by atoms with Gasteiger partial charge in [0.1, 0.15) is 5.75 Å². The van der Waals surface area contributed by atoms with Crippen molar-refractivity contribution in [3.63, 3.8) is 0 Å². The number of nitrogens with one attached hydrogen (secondary N) is 1. The molecule has 0 aliphatic carbocycles. The highest BCUT2D eigenvalue weighted by atomic mass is 16.5. The Kier molecular flexibility index (Phi) is 11.5. The van der Waals surface area contributed by atoms with E-state index in [-0.39, 0.29) is 23.9 Å². The molecule has 0 aromatic heterocycles. The summed E-state index contributed by atoms with van der Waals surface area (Å²) in [5.74, 6) is 0.230. The average molecular weight is 608 g/mol. The highest BCUT2D eigenvalue weighted by Crippen LogP contribution is 2.24. The Balaban J connectivity index is 1.52. The number of carbonyl (C=O) groups excluding carboxylic acids is 2. The normalized spacial score (nSPS) is 13.9. The Bertz CT molecular complexity index is 1540. The molecule has 0 radical (unpaired) electrons. The number of amides is 2. The highest BCUT2D eigenvalue weighted by molar-refractivity contribution is 6.00. The number of hydrogen-bond acceptors (Lipinski definition) is 5. The predicted octanol–water partition coefficient (Wildman–Crippen LogP) is 6.23. The number of methoxy groups -OCH3 is 1. The summed E-state index contributed by atoms with van der Waals surface area (Å²) in [5, 5.41) is 14.6. The zero-order chi connectivity index (χ0) is 32.5. The van der Waals surface area contributed by atoms with Gasteiger partial charge in [-0.25, -0.2) is 0 Å². The highest BCUT2D eigenvalue weighted by Gasteiger charge is 2.27. The molecule has 2 N–H and O–H groups in total. The number of aliphatic hydroxyl groups excluding tert-OH is 1. The van der Waals surface area contributed by atoms with Gasteiger partial charge in [0.05, 0.1) is 25.3 Å². The number of ether oxygens (including phenoxy) is 1. The van der Waals surface area contributed by atoms with Gasteiger partial charge in [0, 0.05) is 30.8 Å². The molecule has 4 aromatic carbocycles. The number of carbonyl (C=O) groups is 2. The lowest BCUT2D eigenvalue weighted by Gasteiger charge is -2.31. The molecule has 4 atom stereocenters. The third kappa shape index (κ3) is 8.81. The van der Waals surface area contributed by atoms with E-state index in [1.165, 1.54) is 0 Å². The zero-order valence-corrected chi connectivity index (χ0v) is 27.1. The Morgan fingerprint density at radius 2 is 1.38 bits per heavy atom. The van der Waals surface area contributed by atoms with Crippen LogP contribution in [-0.4, -0.2) is 66.6 Å². The fourth-order valence-electron chi connectivity index (χ4n) is 5.49. The van der Waals surface area contributed by atoms with Crippen LogP contribution < -0.4 is 10.1 Å². The quantitative estimate of drug-likeness (QED) is 0.188. The summed E-state index contributed by atoms with van der Waals surface area (Å²) < 4.78 is 5.26. The number of benzene rings is 4. The van der Waals surface area contributed by atoms with Gasteiger partial charge in [0.2, 0.25) is 0 Å². The maximum atomic E-state index is 13.7. The van der Waals surface area contributed by atoms with Crippen LogP contribution in [0.2, 0.25) is 0 Å². The second-order valence-corrected chi connectivity index (χ2v) is 11.8. The second kappa shape index (κ2) is 15.5. The first-order valence-electron chi connectivity index (χ1n) is 15.4. The first kappa shape index (κ1) is 33.4. The summed E-state index contributed by atoms with van der Waals surface area (Å²) >= 11 is 0. The van der Waals surface area contributed by atoms with E-state index < -0.39 is 12.1 Å². The maximum Gasteiger partial charge on any atom is 0.254 e. The van der Waals surface area contributed by atoms with Gasteiger partial charge in [0.15, 0.2) is 0 Å². The summed E-state index contributed by atoms with van der Waals surface area (Å²) in [5.41, 5.74) is 4.74. The van der Waals surface area contributed by atoms with Crippen molar-refractivity contribution in [2.75, 3.05) is 27.7 Å². The van der Waals surface area contributed by atoms with Crippen molar-refractivity contribution in [2.24, 2.45) is 0 Å². The lowest BCUT2D eigenvalue weighted by molar-refractivity contribution is 0.0656. The molecule has 45 heavy (non-hydrogen) atoms. The van der Waals surface area contributed by atoms with Crippen LogP contribution >= 0.6 is 0 Å². The first-order chi connectivity index (χ1) is 21.6.